The average Bonchev–Trinajstić information content (AvgIpc) is 3.18. The van der Waals surface area contributed by atoms with Crippen molar-refractivity contribution in [3.05, 3.63) is 47.5 Å². The van der Waals surface area contributed by atoms with Crippen molar-refractivity contribution in [2.24, 2.45) is 4.99 Å². The third-order valence-electron chi connectivity index (χ3n) is 4.35. The Labute approximate surface area is 165 Å². The number of hydrogen-bond donors (Lipinski definition) is 2. The van der Waals surface area contributed by atoms with E-state index in [1.54, 1.807) is 14.2 Å². The molecule has 3 rings (SSSR count). The first-order valence-electron chi connectivity index (χ1n) is 9.30. The average molecular weight is 385 g/mol. The number of aliphatic imine (C=N–C) groups is 1. The summed E-state index contributed by atoms with van der Waals surface area (Å²) in [7, 11) is 3.45. The lowest BCUT2D eigenvalue weighted by molar-refractivity contribution is 0.173. The van der Waals surface area contributed by atoms with Crippen molar-refractivity contribution >= 4 is 5.96 Å². The fourth-order valence-corrected chi connectivity index (χ4v) is 2.94. The Morgan fingerprint density at radius 3 is 2.71 bits per heavy atom. The van der Waals surface area contributed by atoms with Gasteiger partial charge >= 0.3 is 0 Å². The molecule has 1 aliphatic rings. The van der Waals surface area contributed by atoms with Gasteiger partial charge in [-0.25, -0.2) is 0 Å². The van der Waals surface area contributed by atoms with Gasteiger partial charge in [-0.2, -0.15) is 0 Å². The van der Waals surface area contributed by atoms with Gasteiger partial charge in [0.15, 0.2) is 17.5 Å². The molecule has 1 heterocycles. The van der Waals surface area contributed by atoms with E-state index in [9.17, 15) is 0 Å². The van der Waals surface area contributed by atoms with Crippen molar-refractivity contribution < 1.29 is 18.9 Å². The highest BCUT2D eigenvalue weighted by Crippen LogP contribution is 2.34. The lowest BCUT2D eigenvalue weighted by atomic mass is 10.1. The molecular weight excluding hydrogens is 358 g/mol. The number of aryl methyl sites for hydroxylation is 1. The maximum atomic E-state index is 5.75. The lowest BCUT2D eigenvalue weighted by Gasteiger charge is -2.14. The number of guanidine groups is 1. The van der Waals surface area contributed by atoms with Crippen LogP contribution in [0.1, 0.15) is 11.1 Å². The summed E-state index contributed by atoms with van der Waals surface area (Å²) in [5.41, 5.74) is 2.40. The maximum absolute atomic E-state index is 5.75. The van der Waals surface area contributed by atoms with Gasteiger partial charge in [0.05, 0.1) is 13.7 Å². The summed E-state index contributed by atoms with van der Waals surface area (Å²) in [6.07, 6.45) is 0.846. The minimum atomic E-state index is 0.261. The Morgan fingerprint density at radius 1 is 1.07 bits per heavy atom. The molecule has 150 valence electrons. The van der Waals surface area contributed by atoms with Crippen molar-refractivity contribution in [2.45, 2.75) is 13.3 Å². The van der Waals surface area contributed by atoms with Gasteiger partial charge in [-0.3, -0.25) is 4.99 Å². The van der Waals surface area contributed by atoms with E-state index < -0.39 is 0 Å². The van der Waals surface area contributed by atoms with E-state index in [2.05, 4.69) is 34.7 Å². The normalized spacial score (nSPS) is 12.6. The second-order valence-electron chi connectivity index (χ2n) is 6.35. The third kappa shape index (κ3) is 5.22. The largest absolute Gasteiger partial charge is 0.496 e. The van der Waals surface area contributed by atoms with Crippen LogP contribution in [-0.2, 0) is 6.42 Å². The fraction of sp³-hybridized carbons (Fsp3) is 0.381. The third-order valence-corrected chi connectivity index (χ3v) is 4.35. The standard InChI is InChI=1S/C21H27N3O4/c1-15-4-6-18(25-3)16(12-15)8-9-23-21(22-2)24-10-11-26-17-5-7-19-20(13-17)28-14-27-19/h4-7,12-13H,8-11,14H2,1-3H3,(H2,22,23,24). The second kappa shape index (κ2) is 9.73. The number of ether oxygens (including phenoxy) is 4. The highest BCUT2D eigenvalue weighted by atomic mass is 16.7. The minimum Gasteiger partial charge on any atom is -0.496 e. The Hall–Kier alpha value is -3.09. The maximum Gasteiger partial charge on any atom is 0.231 e. The molecule has 0 radical (unpaired) electrons. The molecular formula is C21H27N3O4. The SMILES string of the molecule is CN=C(NCCOc1ccc2c(c1)OCO2)NCCc1cc(C)ccc1OC. The first-order chi connectivity index (χ1) is 13.7. The Morgan fingerprint density at radius 2 is 1.89 bits per heavy atom. The van der Waals surface area contributed by atoms with Gasteiger partial charge in [-0.15, -0.1) is 0 Å². The minimum absolute atomic E-state index is 0.261. The zero-order valence-electron chi connectivity index (χ0n) is 16.6. The van der Waals surface area contributed by atoms with E-state index >= 15 is 0 Å². The number of fused-ring (bicyclic) bond motifs is 1. The highest BCUT2D eigenvalue weighted by molar-refractivity contribution is 5.79. The van der Waals surface area contributed by atoms with Crippen LogP contribution >= 0.6 is 0 Å². The lowest BCUT2D eigenvalue weighted by Crippen LogP contribution is -2.40. The molecule has 0 amide bonds. The molecule has 7 heteroatoms. The van der Waals surface area contributed by atoms with E-state index in [1.807, 2.05) is 24.3 Å². The number of rotatable bonds is 8. The van der Waals surface area contributed by atoms with E-state index in [4.69, 9.17) is 18.9 Å². The first kappa shape index (κ1) is 19.7. The molecule has 28 heavy (non-hydrogen) atoms. The second-order valence-corrected chi connectivity index (χ2v) is 6.35. The summed E-state index contributed by atoms with van der Waals surface area (Å²) >= 11 is 0. The summed E-state index contributed by atoms with van der Waals surface area (Å²) in [6, 6.07) is 11.8. The van der Waals surface area contributed by atoms with Gasteiger partial charge in [0, 0.05) is 19.7 Å². The van der Waals surface area contributed by atoms with Crippen LogP contribution in [-0.4, -0.2) is 46.6 Å². The molecule has 0 fully saturated rings. The predicted molar refractivity (Wildman–Crippen MR) is 109 cm³/mol. The zero-order valence-corrected chi connectivity index (χ0v) is 16.6. The molecule has 7 nitrogen and oxygen atoms in total. The van der Waals surface area contributed by atoms with Crippen molar-refractivity contribution in [1.82, 2.24) is 10.6 Å². The highest BCUT2D eigenvalue weighted by Gasteiger charge is 2.13. The van der Waals surface area contributed by atoms with Crippen molar-refractivity contribution in [3.8, 4) is 23.0 Å². The molecule has 0 atom stereocenters. The van der Waals surface area contributed by atoms with Crippen LogP contribution in [0.2, 0.25) is 0 Å². The molecule has 1 aliphatic heterocycles. The molecule has 2 aromatic carbocycles. The number of hydrogen-bond acceptors (Lipinski definition) is 5. The van der Waals surface area contributed by atoms with Gasteiger partial charge < -0.3 is 29.6 Å². The summed E-state index contributed by atoms with van der Waals surface area (Å²) in [6.45, 7) is 4.23. The van der Waals surface area contributed by atoms with Gasteiger partial charge in [0.25, 0.3) is 0 Å². The summed E-state index contributed by atoms with van der Waals surface area (Å²) in [5.74, 6) is 3.86. The van der Waals surface area contributed by atoms with E-state index in [0.29, 0.717) is 13.2 Å². The first-order valence-corrected chi connectivity index (χ1v) is 9.30. The van der Waals surface area contributed by atoms with E-state index in [1.165, 1.54) is 11.1 Å². The van der Waals surface area contributed by atoms with Crippen LogP contribution in [0.5, 0.6) is 23.0 Å². The summed E-state index contributed by atoms with van der Waals surface area (Å²) in [5, 5.41) is 6.56. The number of benzene rings is 2. The van der Waals surface area contributed by atoms with Crippen LogP contribution in [0.25, 0.3) is 0 Å². The molecule has 0 aromatic heterocycles. The number of methoxy groups -OCH3 is 1. The monoisotopic (exact) mass is 385 g/mol. The van der Waals surface area contributed by atoms with E-state index in [0.717, 1.165) is 41.9 Å². The van der Waals surface area contributed by atoms with Crippen molar-refractivity contribution in [3.63, 3.8) is 0 Å². The van der Waals surface area contributed by atoms with Gasteiger partial charge in [0.1, 0.15) is 18.1 Å². The smallest absolute Gasteiger partial charge is 0.231 e. The number of nitrogens with one attached hydrogen (secondary N) is 2. The molecule has 0 unspecified atom stereocenters. The zero-order chi connectivity index (χ0) is 19.8. The van der Waals surface area contributed by atoms with Gasteiger partial charge in [-0.1, -0.05) is 17.7 Å². The van der Waals surface area contributed by atoms with Crippen molar-refractivity contribution in [1.29, 1.82) is 0 Å². The summed E-state index contributed by atoms with van der Waals surface area (Å²) in [4.78, 5) is 4.24. The molecule has 2 aromatic rings. The van der Waals surface area contributed by atoms with Crippen LogP contribution in [0.15, 0.2) is 41.4 Å². The summed E-state index contributed by atoms with van der Waals surface area (Å²) < 4.78 is 21.8. The molecule has 0 spiro atoms. The van der Waals surface area contributed by atoms with Crippen LogP contribution < -0.4 is 29.6 Å². The Balaban J connectivity index is 1.38. The Kier molecular flexibility index (Phi) is 6.84. The molecule has 0 saturated heterocycles. The van der Waals surface area contributed by atoms with E-state index in [-0.39, 0.29) is 6.79 Å². The molecule has 0 saturated carbocycles. The molecule has 2 N–H and O–H groups in total. The molecule has 0 aliphatic carbocycles. The Bertz CT molecular complexity index is 823. The van der Waals surface area contributed by atoms with Gasteiger partial charge in [-0.05, 0) is 37.1 Å². The fourth-order valence-electron chi connectivity index (χ4n) is 2.94. The molecule has 0 bridgehead atoms. The topological polar surface area (TPSA) is 73.3 Å². The van der Waals surface area contributed by atoms with Crippen LogP contribution in [0, 0.1) is 6.92 Å². The number of nitrogens with zero attached hydrogens (tertiary/aromatic N) is 1. The predicted octanol–water partition coefficient (Wildman–Crippen LogP) is 2.52. The van der Waals surface area contributed by atoms with Crippen LogP contribution in [0.3, 0.4) is 0 Å². The van der Waals surface area contributed by atoms with Crippen molar-refractivity contribution in [2.75, 3.05) is 40.6 Å². The van der Waals surface area contributed by atoms with Crippen LogP contribution in [0.4, 0.5) is 0 Å². The van der Waals surface area contributed by atoms with Gasteiger partial charge in [0.2, 0.25) is 6.79 Å². The quantitative estimate of drug-likeness (QED) is 0.413.